The number of rotatable bonds is 3. The van der Waals surface area contributed by atoms with Gasteiger partial charge in [0, 0.05) is 17.7 Å². The van der Waals surface area contributed by atoms with Crippen LogP contribution in [-0.4, -0.2) is 13.0 Å². The molecule has 17 heavy (non-hydrogen) atoms. The lowest BCUT2D eigenvalue weighted by Crippen LogP contribution is -2.03. The topological polar surface area (TPSA) is 120 Å². The van der Waals surface area contributed by atoms with Crippen LogP contribution >= 0.6 is 0 Å². The van der Waals surface area contributed by atoms with Crippen molar-refractivity contribution in [1.82, 2.24) is 0 Å². The van der Waals surface area contributed by atoms with Crippen molar-refractivity contribution < 1.29 is 22.4 Å². The molecule has 1 aromatic rings. The fraction of sp³-hybridized carbons (Fsp3) is 0.111. The first-order valence-electron chi connectivity index (χ1n) is 4.14. The molecule has 0 aliphatic carbocycles. The monoisotopic (exact) mass is 254 g/mol. The molecule has 0 saturated carbocycles. The summed E-state index contributed by atoms with van der Waals surface area (Å²) in [7, 11) is -4.49. The molecular formula is C9H6N2O5S. The molecule has 0 spiro atoms. The Morgan fingerprint density at radius 2 is 1.82 bits per heavy atom. The van der Waals surface area contributed by atoms with E-state index in [0.29, 0.717) is 0 Å². The highest BCUT2D eigenvalue weighted by molar-refractivity contribution is 7.85. The summed E-state index contributed by atoms with van der Waals surface area (Å²) in [5, 5.41) is 16.7. The van der Waals surface area contributed by atoms with Gasteiger partial charge in [-0.2, -0.15) is 8.42 Å². The van der Waals surface area contributed by atoms with Gasteiger partial charge in [-0.25, -0.2) is 0 Å². The number of hydrogen-bond acceptors (Lipinski definition) is 6. The predicted octanol–water partition coefficient (Wildman–Crippen LogP) is 0.961. The second kappa shape index (κ2) is 4.70. The van der Waals surface area contributed by atoms with Crippen molar-refractivity contribution in [1.29, 1.82) is 10.5 Å². The molecule has 0 heterocycles. The summed E-state index contributed by atoms with van der Waals surface area (Å²) in [5.41, 5.74) is 0.0411. The minimum atomic E-state index is -4.49. The molecule has 0 radical (unpaired) electrons. The lowest BCUT2D eigenvalue weighted by atomic mass is 10.2. The molecule has 0 aromatic heterocycles. The molecule has 88 valence electrons. The fourth-order valence-electron chi connectivity index (χ4n) is 1.17. The zero-order valence-corrected chi connectivity index (χ0v) is 9.35. The van der Waals surface area contributed by atoms with Crippen LogP contribution < -0.4 is 9.47 Å². The van der Waals surface area contributed by atoms with E-state index in [9.17, 15) is 8.42 Å². The van der Waals surface area contributed by atoms with E-state index in [1.165, 1.54) is 19.4 Å². The van der Waals surface area contributed by atoms with Crippen molar-refractivity contribution in [3.8, 4) is 24.0 Å². The maximum Gasteiger partial charge on any atom is 0.295 e. The van der Waals surface area contributed by atoms with Crippen LogP contribution in [0.3, 0.4) is 0 Å². The van der Waals surface area contributed by atoms with E-state index >= 15 is 0 Å². The highest BCUT2D eigenvalue weighted by atomic mass is 32.2. The first-order chi connectivity index (χ1) is 7.90. The van der Waals surface area contributed by atoms with Crippen molar-refractivity contribution in [2.45, 2.75) is 11.8 Å². The number of nitriles is 2. The standard InChI is InChI=1S/C9H6N2O5S/c1-6-8(16-5-11)2-7(15-4-10)3-9(6)17(12,13)14/h2-3H,1H3,(H,12,13,14). The molecule has 0 atom stereocenters. The average Bonchev–Trinajstić information content (AvgIpc) is 2.21. The quantitative estimate of drug-likeness (QED) is 0.629. The van der Waals surface area contributed by atoms with Crippen LogP contribution in [0, 0.1) is 30.0 Å². The zero-order chi connectivity index (χ0) is 13.1. The Hall–Kier alpha value is -2.29. The Bertz CT molecular complexity index is 624. The Labute approximate surface area is 97.2 Å². The molecule has 8 heteroatoms. The smallest absolute Gasteiger partial charge is 0.295 e. The summed E-state index contributed by atoms with van der Waals surface area (Å²) in [6, 6.07) is 2.12. The van der Waals surface area contributed by atoms with Gasteiger partial charge in [0.15, 0.2) is 0 Å². The van der Waals surface area contributed by atoms with Crippen LogP contribution in [0.15, 0.2) is 17.0 Å². The van der Waals surface area contributed by atoms with Crippen molar-refractivity contribution in [3.63, 3.8) is 0 Å². The Kier molecular flexibility index (Phi) is 3.53. The maximum absolute atomic E-state index is 11.0. The molecule has 1 rings (SSSR count). The molecule has 0 bridgehead atoms. The summed E-state index contributed by atoms with van der Waals surface area (Å²) >= 11 is 0. The van der Waals surface area contributed by atoms with Crippen LogP contribution in [-0.2, 0) is 10.1 Å². The van der Waals surface area contributed by atoms with E-state index in [1.807, 2.05) is 0 Å². The third-order valence-electron chi connectivity index (χ3n) is 1.88. The first-order valence-corrected chi connectivity index (χ1v) is 5.58. The molecule has 1 aromatic carbocycles. The summed E-state index contributed by atoms with van der Waals surface area (Å²) in [4.78, 5) is -0.490. The summed E-state index contributed by atoms with van der Waals surface area (Å²) in [6.45, 7) is 1.34. The van der Waals surface area contributed by atoms with Crippen molar-refractivity contribution in [3.05, 3.63) is 17.7 Å². The highest BCUT2D eigenvalue weighted by Gasteiger charge is 2.19. The van der Waals surface area contributed by atoms with Gasteiger partial charge in [0.05, 0.1) is 0 Å². The normalized spacial score (nSPS) is 10.1. The van der Waals surface area contributed by atoms with Gasteiger partial charge in [0.25, 0.3) is 22.6 Å². The summed E-state index contributed by atoms with van der Waals surface area (Å²) < 4.78 is 40.0. The molecule has 0 aliphatic heterocycles. The van der Waals surface area contributed by atoms with Crippen LogP contribution in [0.2, 0.25) is 0 Å². The van der Waals surface area contributed by atoms with Crippen LogP contribution in [0.5, 0.6) is 11.5 Å². The van der Waals surface area contributed by atoms with Crippen LogP contribution in [0.1, 0.15) is 5.56 Å². The Morgan fingerprint density at radius 3 is 2.29 bits per heavy atom. The van der Waals surface area contributed by atoms with E-state index < -0.39 is 15.0 Å². The number of nitrogens with zero attached hydrogens (tertiary/aromatic N) is 2. The van der Waals surface area contributed by atoms with Gasteiger partial charge < -0.3 is 9.47 Å². The Balaban J connectivity index is 3.51. The van der Waals surface area contributed by atoms with Gasteiger partial charge in [-0.05, 0) is 6.92 Å². The first kappa shape index (κ1) is 12.8. The minimum absolute atomic E-state index is 0.0411. The molecule has 1 N–H and O–H groups in total. The third-order valence-corrected chi connectivity index (χ3v) is 2.86. The van der Waals surface area contributed by atoms with Crippen molar-refractivity contribution >= 4 is 10.1 Å². The van der Waals surface area contributed by atoms with E-state index in [4.69, 9.17) is 15.1 Å². The molecule has 0 amide bonds. The lowest BCUT2D eigenvalue weighted by Gasteiger charge is -2.08. The van der Waals surface area contributed by atoms with E-state index in [0.717, 1.165) is 12.1 Å². The van der Waals surface area contributed by atoms with Gasteiger partial charge in [0.1, 0.15) is 16.4 Å². The molecular weight excluding hydrogens is 248 g/mol. The largest absolute Gasteiger partial charge is 0.388 e. The van der Waals surface area contributed by atoms with E-state index in [1.54, 1.807) is 0 Å². The summed E-state index contributed by atoms with van der Waals surface area (Å²) in [6.07, 6.45) is 2.69. The molecule has 7 nitrogen and oxygen atoms in total. The third kappa shape index (κ3) is 2.84. The van der Waals surface area contributed by atoms with Gasteiger partial charge in [-0.1, -0.05) is 0 Å². The average molecular weight is 254 g/mol. The fourth-order valence-corrected chi connectivity index (χ4v) is 1.93. The minimum Gasteiger partial charge on any atom is -0.388 e. The van der Waals surface area contributed by atoms with Gasteiger partial charge in [-0.3, -0.25) is 4.55 Å². The molecule has 0 unspecified atom stereocenters. The molecule has 0 aliphatic rings. The second-order valence-corrected chi connectivity index (χ2v) is 4.30. The molecule has 0 saturated heterocycles. The molecule has 0 fully saturated rings. The summed E-state index contributed by atoms with van der Waals surface area (Å²) in [5.74, 6) is -0.274. The van der Waals surface area contributed by atoms with Crippen LogP contribution in [0.4, 0.5) is 0 Å². The van der Waals surface area contributed by atoms with Crippen molar-refractivity contribution in [2.75, 3.05) is 0 Å². The highest BCUT2D eigenvalue weighted by Crippen LogP contribution is 2.30. The van der Waals surface area contributed by atoms with Gasteiger partial charge in [-0.15, -0.1) is 10.5 Å². The lowest BCUT2D eigenvalue weighted by molar-refractivity contribution is 0.464. The van der Waals surface area contributed by atoms with E-state index in [-0.39, 0.29) is 17.1 Å². The maximum atomic E-state index is 11.0. The van der Waals surface area contributed by atoms with Gasteiger partial charge in [0.2, 0.25) is 0 Å². The second-order valence-electron chi connectivity index (χ2n) is 2.91. The van der Waals surface area contributed by atoms with Gasteiger partial charge >= 0.3 is 0 Å². The SMILES string of the molecule is Cc1c(OC#N)cc(OC#N)cc1S(=O)(=O)O. The Morgan fingerprint density at radius 1 is 1.24 bits per heavy atom. The number of benzene rings is 1. The van der Waals surface area contributed by atoms with Crippen LogP contribution in [0.25, 0.3) is 0 Å². The zero-order valence-electron chi connectivity index (χ0n) is 8.54. The van der Waals surface area contributed by atoms with E-state index in [2.05, 4.69) is 9.47 Å². The number of hydrogen-bond donors (Lipinski definition) is 1. The van der Waals surface area contributed by atoms with Crippen molar-refractivity contribution in [2.24, 2.45) is 0 Å². The number of ether oxygens (including phenoxy) is 2. The predicted molar refractivity (Wildman–Crippen MR) is 53.5 cm³/mol.